The molecule has 80 valence electrons. The fourth-order valence-corrected chi connectivity index (χ4v) is 4.46. The molecule has 0 spiro atoms. The maximum atomic E-state index is 9.71. The zero-order valence-electron chi connectivity index (χ0n) is 8.99. The highest BCUT2D eigenvalue weighted by molar-refractivity contribution is 4.94. The molecule has 0 amide bonds. The topological polar surface area (TPSA) is 20.2 Å². The minimum absolute atomic E-state index is 0.0351. The van der Waals surface area contributed by atoms with E-state index < -0.39 is 0 Å². The van der Waals surface area contributed by atoms with Gasteiger partial charge in [0.05, 0.1) is 6.10 Å². The fourth-order valence-electron chi connectivity index (χ4n) is 4.46. The van der Waals surface area contributed by atoms with E-state index in [9.17, 15) is 5.11 Å². The van der Waals surface area contributed by atoms with Crippen LogP contribution < -0.4 is 0 Å². The van der Waals surface area contributed by atoms with Gasteiger partial charge in [-0.25, -0.2) is 0 Å². The number of rotatable bonds is 1. The Hall–Kier alpha value is -0.0400. The fraction of sp³-hybridized carbons (Fsp3) is 1.00. The van der Waals surface area contributed by atoms with Crippen LogP contribution in [0.15, 0.2) is 0 Å². The predicted molar refractivity (Wildman–Crippen MR) is 56.9 cm³/mol. The van der Waals surface area contributed by atoms with Crippen molar-refractivity contribution < 1.29 is 5.11 Å². The Morgan fingerprint density at radius 2 is 1.64 bits per heavy atom. The summed E-state index contributed by atoms with van der Waals surface area (Å²) in [7, 11) is 0. The molecular weight excluding hydrogens is 172 g/mol. The lowest BCUT2D eigenvalue weighted by Gasteiger charge is -2.35. The van der Waals surface area contributed by atoms with Gasteiger partial charge in [-0.15, -0.1) is 0 Å². The van der Waals surface area contributed by atoms with E-state index in [0.717, 1.165) is 36.5 Å². The van der Waals surface area contributed by atoms with Gasteiger partial charge in [0, 0.05) is 0 Å². The maximum Gasteiger partial charge on any atom is 0.0543 e. The maximum absolute atomic E-state index is 9.71. The van der Waals surface area contributed by atoms with Crippen molar-refractivity contribution in [1.29, 1.82) is 0 Å². The van der Waals surface area contributed by atoms with Crippen LogP contribution in [0.2, 0.25) is 0 Å². The van der Waals surface area contributed by atoms with Crippen molar-refractivity contribution in [2.75, 3.05) is 0 Å². The first-order chi connectivity index (χ1) is 6.83. The second-order valence-electron chi connectivity index (χ2n) is 5.92. The smallest absolute Gasteiger partial charge is 0.0543 e. The lowest BCUT2D eigenvalue weighted by atomic mass is 9.72. The molecule has 0 aromatic rings. The minimum atomic E-state index is 0.0351. The molecule has 3 aliphatic rings. The Morgan fingerprint density at radius 1 is 0.786 bits per heavy atom. The Kier molecular flexibility index (Phi) is 2.31. The Bertz CT molecular complexity index is 213. The zero-order valence-corrected chi connectivity index (χ0v) is 8.99. The monoisotopic (exact) mass is 194 g/mol. The van der Waals surface area contributed by atoms with Crippen molar-refractivity contribution in [3.63, 3.8) is 0 Å². The van der Waals surface area contributed by atoms with Gasteiger partial charge in [0.15, 0.2) is 0 Å². The van der Waals surface area contributed by atoms with Gasteiger partial charge in [-0.2, -0.15) is 0 Å². The van der Waals surface area contributed by atoms with Crippen LogP contribution in [-0.2, 0) is 0 Å². The first kappa shape index (κ1) is 9.21. The summed E-state index contributed by atoms with van der Waals surface area (Å²) in [5.74, 6) is 4.01. The van der Waals surface area contributed by atoms with Crippen molar-refractivity contribution in [3.8, 4) is 0 Å². The van der Waals surface area contributed by atoms with E-state index in [2.05, 4.69) is 0 Å². The molecule has 14 heavy (non-hydrogen) atoms. The highest BCUT2D eigenvalue weighted by atomic mass is 16.3. The molecule has 0 saturated heterocycles. The minimum Gasteiger partial charge on any atom is -0.393 e. The van der Waals surface area contributed by atoms with Crippen LogP contribution in [0.3, 0.4) is 0 Å². The lowest BCUT2D eigenvalue weighted by Crippen LogP contribution is -2.28. The normalized spacial score (nSPS) is 52.5. The van der Waals surface area contributed by atoms with Gasteiger partial charge >= 0.3 is 0 Å². The van der Waals surface area contributed by atoms with Crippen molar-refractivity contribution in [3.05, 3.63) is 0 Å². The number of aliphatic hydroxyl groups is 1. The average molecular weight is 194 g/mol. The van der Waals surface area contributed by atoms with Crippen LogP contribution in [0.1, 0.15) is 51.4 Å². The predicted octanol–water partition coefficient (Wildman–Crippen LogP) is 2.97. The van der Waals surface area contributed by atoms with Crippen LogP contribution in [0.4, 0.5) is 0 Å². The van der Waals surface area contributed by atoms with Crippen LogP contribution in [0.25, 0.3) is 0 Å². The number of hydrogen-bond acceptors (Lipinski definition) is 1. The summed E-state index contributed by atoms with van der Waals surface area (Å²) in [6.45, 7) is 0. The van der Waals surface area contributed by atoms with Gasteiger partial charge in [-0.3, -0.25) is 0 Å². The Balaban J connectivity index is 1.65. The lowest BCUT2D eigenvalue weighted by molar-refractivity contribution is 0.0650. The number of aliphatic hydroxyl groups excluding tert-OH is 1. The summed E-state index contributed by atoms with van der Waals surface area (Å²) in [6, 6.07) is 0. The third-order valence-corrected chi connectivity index (χ3v) is 5.09. The molecule has 0 aromatic heterocycles. The molecule has 3 saturated carbocycles. The quantitative estimate of drug-likeness (QED) is 0.680. The summed E-state index contributed by atoms with van der Waals surface area (Å²) in [6.07, 6.45) is 10.9. The molecule has 3 rings (SSSR count). The van der Waals surface area contributed by atoms with Crippen molar-refractivity contribution in [2.24, 2.45) is 23.7 Å². The zero-order chi connectivity index (χ0) is 9.54. The third-order valence-electron chi connectivity index (χ3n) is 5.09. The highest BCUT2D eigenvalue weighted by Crippen LogP contribution is 2.53. The molecule has 1 nitrogen and oxygen atoms in total. The molecule has 3 fully saturated rings. The summed E-state index contributed by atoms with van der Waals surface area (Å²) in [4.78, 5) is 0. The van der Waals surface area contributed by atoms with E-state index in [4.69, 9.17) is 0 Å². The molecule has 0 unspecified atom stereocenters. The Labute approximate surface area is 86.9 Å². The van der Waals surface area contributed by atoms with Crippen molar-refractivity contribution in [1.82, 2.24) is 0 Å². The van der Waals surface area contributed by atoms with E-state index >= 15 is 0 Å². The molecule has 5 atom stereocenters. The average Bonchev–Trinajstić information content (AvgIpc) is 2.78. The summed E-state index contributed by atoms with van der Waals surface area (Å²) < 4.78 is 0. The molecule has 0 aliphatic heterocycles. The molecule has 0 aromatic carbocycles. The molecule has 3 aliphatic carbocycles. The van der Waals surface area contributed by atoms with E-state index in [0.29, 0.717) is 0 Å². The van der Waals surface area contributed by atoms with Gasteiger partial charge in [0.1, 0.15) is 0 Å². The highest BCUT2D eigenvalue weighted by Gasteiger charge is 2.43. The summed E-state index contributed by atoms with van der Waals surface area (Å²) >= 11 is 0. The molecule has 1 N–H and O–H groups in total. The summed E-state index contributed by atoms with van der Waals surface area (Å²) in [5.41, 5.74) is 0. The summed E-state index contributed by atoms with van der Waals surface area (Å²) in [5, 5.41) is 9.71. The molecular formula is C13H22O. The van der Waals surface area contributed by atoms with Crippen LogP contribution in [0, 0.1) is 23.7 Å². The second kappa shape index (κ2) is 3.52. The van der Waals surface area contributed by atoms with Gasteiger partial charge in [-0.1, -0.05) is 12.8 Å². The Morgan fingerprint density at radius 3 is 2.29 bits per heavy atom. The molecule has 0 heterocycles. The van der Waals surface area contributed by atoms with Gasteiger partial charge in [0.25, 0.3) is 0 Å². The first-order valence-electron chi connectivity index (χ1n) is 6.51. The second-order valence-corrected chi connectivity index (χ2v) is 5.92. The SMILES string of the molecule is O[C@@H]1CCC[C@H]([C@H]2C[C@H]3CC[C@H]2C3)C1. The number of fused-ring (bicyclic) bond motifs is 2. The van der Waals surface area contributed by atoms with Crippen LogP contribution in [0.5, 0.6) is 0 Å². The van der Waals surface area contributed by atoms with E-state index in [1.54, 1.807) is 0 Å². The van der Waals surface area contributed by atoms with Crippen LogP contribution in [-0.4, -0.2) is 11.2 Å². The van der Waals surface area contributed by atoms with E-state index in [1.165, 1.54) is 38.5 Å². The molecule has 0 radical (unpaired) electrons. The van der Waals surface area contributed by atoms with Gasteiger partial charge < -0.3 is 5.11 Å². The van der Waals surface area contributed by atoms with Gasteiger partial charge in [-0.05, 0) is 62.2 Å². The standard InChI is InChI=1S/C13H22O/c14-12-3-1-2-10(8-12)13-7-9-4-5-11(13)6-9/h9-14H,1-8H2/t9-,10-,11-,12+,13+/m0/s1. The molecule has 1 heteroatoms. The van der Waals surface area contributed by atoms with Gasteiger partial charge in [0.2, 0.25) is 0 Å². The number of hydrogen-bond donors (Lipinski definition) is 1. The largest absolute Gasteiger partial charge is 0.393 e. The van der Waals surface area contributed by atoms with E-state index in [-0.39, 0.29) is 6.10 Å². The van der Waals surface area contributed by atoms with Crippen molar-refractivity contribution >= 4 is 0 Å². The third kappa shape index (κ3) is 1.50. The van der Waals surface area contributed by atoms with Crippen LogP contribution >= 0.6 is 0 Å². The van der Waals surface area contributed by atoms with E-state index in [1.807, 2.05) is 0 Å². The first-order valence-corrected chi connectivity index (χ1v) is 6.51. The van der Waals surface area contributed by atoms with Crippen molar-refractivity contribution in [2.45, 2.75) is 57.5 Å². The molecule has 2 bridgehead atoms.